The van der Waals surface area contributed by atoms with Crippen LogP contribution in [0.3, 0.4) is 0 Å². The van der Waals surface area contributed by atoms with E-state index < -0.39 is 0 Å². The van der Waals surface area contributed by atoms with Crippen LogP contribution >= 0.6 is 0 Å². The first-order chi connectivity index (χ1) is 5.68. The molecule has 1 atom stereocenters. The summed E-state index contributed by atoms with van der Waals surface area (Å²) < 4.78 is 0. The van der Waals surface area contributed by atoms with Gasteiger partial charge in [0, 0.05) is 18.5 Å². The third kappa shape index (κ3) is 0.838. The van der Waals surface area contributed by atoms with E-state index >= 15 is 0 Å². The van der Waals surface area contributed by atoms with Gasteiger partial charge in [-0.2, -0.15) is 0 Å². The second-order valence-electron chi connectivity index (χ2n) is 3.98. The summed E-state index contributed by atoms with van der Waals surface area (Å²) in [5, 5.41) is 0. The summed E-state index contributed by atoms with van der Waals surface area (Å²) in [7, 11) is 0. The van der Waals surface area contributed by atoms with Crippen LogP contribution in [-0.4, -0.2) is 22.9 Å². The lowest BCUT2D eigenvalue weighted by Crippen LogP contribution is -2.39. The summed E-state index contributed by atoms with van der Waals surface area (Å²) in [5.41, 5.74) is 1.40. The van der Waals surface area contributed by atoms with Gasteiger partial charge in [-0.3, -0.25) is 4.79 Å². The van der Waals surface area contributed by atoms with Gasteiger partial charge < -0.3 is 4.90 Å². The lowest BCUT2D eigenvalue weighted by atomic mass is 9.90. The first-order valence-electron chi connectivity index (χ1n) is 4.65. The van der Waals surface area contributed by atoms with Gasteiger partial charge in [-0.05, 0) is 19.3 Å². The highest BCUT2D eigenvalue weighted by Crippen LogP contribution is 2.43. The molecule has 2 aliphatic heterocycles. The Balaban J connectivity index is 2.30. The van der Waals surface area contributed by atoms with Crippen LogP contribution in [0.1, 0.15) is 32.6 Å². The van der Waals surface area contributed by atoms with E-state index in [-0.39, 0.29) is 5.54 Å². The van der Waals surface area contributed by atoms with Crippen molar-refractivity contribution >= 4 is 5.91 Å². The van der Waals surface area contributed by atoms with Crippen molar-refractivity contribution in [1.82, 2.24) is 4.90 Å². The SMILES string of the molecule is C=C1CN2C(=O)CC[C@]2(CC)C1. The molecule has 2 heterocycles. The van der Waals surface area contributed by atoms with Crippen molar-refractivity contribution in [2.24, 2.45) is 0 Å². The van der Waals surface area contributed by atoms with Crippen molar-refractivity contribution in [2.45, 2.75) is 38.1 Å². The molecule has 2 heteroatoms. The third-order valence-corrected chi connectivity index (χ3v) is 3.30. The van der Waals surface area contributed by atoms with E-state index in [1.165, 1.54) is 5.57 Å². The number of hydrogen-bond acceptors (Lipinski definition) is 1. The van der Waals surface area contributed by atoms with Gasteiger partial charge in [0.15, 0.2) is 0 Å². The van der Waals surface area contributed by atoms with E-state index in [1.807, 2.05) is 4.90 Å². The monoisotopic (exact) mass is 165 g/mol. The van der Waals surface area contributed by atoms with Gasteiger partial charge in [-0.25, -0.2) is 0 Å². The maximum atomic E-state index is 11.5. The van der Waals surface area contributed by atoms with Crippen LogP contribution in [0.15, 0.2) is 12.2 Å². The summed E-state index contributed by atoms with van der Waals surface area (Å²) >= 11 is 0. The zero-order valence-corrected chi connectivity index (χ0v) is 7.60. The Bertz CT molecular complexity index is 246. The number of fused-ring (bicyclic) bond motifs is 1. The molecule has 2 saturated heterocycles. The molecule has 0 aliphatic carbocycles. The molecular weight excluding hydrogens is 150 g/mol. The van der Waals surface area contributed by atoms with Crippen molar-refractivity contribution in [3.05, 3.63) is 12.2 Å². The minimum Gasteiger partial charge on any atom is -0.333 e. The fourth-order valence-corrected chi connectivity index (χ4v) is 2.55. The summed E-state index contributed by atoms with van der Waals surface area (Å²) in [4.78, 5) is 13.5. The van der Waals surface area contributed by atoms with Crippen molar-refractivity contribution in [2.75, 3.05) is 6.54 Å². The highest BCUT2D eigenvalue weighted by atomic mass is 16.2. The molecule has 0 bridgehead atoms. The Morgan fingerprint density at radius 1 is 1.67 bits per heavy atom. The molecule has 2 aliphatic rings. The molecule has 2 rings (SSSR count). The van der Waals surface area contributed by atoms with E-state index in [0.717, 1.165) is 32.2 Å². The van der Waals surface area contributed by atoms with Gasteiger partial charge in [-0.1, -0.05) is 19.1 Å². The zero-order chi connectivity index (χ0) is 8.77. The van der Waals surface area contributed by atoms with E-state index in [2.05, 4.69) is 13.5 Å². The van der Waals surface area contributed by atoms with Gasteiger partial charge in [-0.15, -0.1) is 0 Å². The Morgan fingerprint density at radius 2 is 2.42 bits per heavy atom. The average Bonchev–Trinajstić information content (AvgIpc) is 2.51. The molecule has 0 aromatic heterocycles. The maximum absolute atomic E-state index is 11.5. The van der Waals surface area contributed by atoms with Crippen LogP contribution in [0.5, 0.6) is 0 Å². The van der Waals surface area contributed by atoms with Crippen molar-refractivity contribution in [3.8, 4) is 0 Å². The summed E-state index contributed by atoms with van der Waals surface area (Å²) in [5.74, 6) is 0.329. The molecule has 12 heavy (non-hydrogen) atoms. The average molecular weight is 165 g/mol. The number of nitrogens with zero attached hydrogens (tertiary/aromatic N) is 1. The van der Waals surface area contributed by atoms with Crippen LogP contribution in [0.25, 0.3) is 0 Å². The molecule has 0 radical (unpaired) electrons. The normalized spacial score (nSPS) is 34.6. The molecule has 2 nitrogen and oxygen atoms in total. The molecule has 0 aromatic carbocycles. The minimum atomic E-state index is 0.175. The first kappa shape index (κ1) is 7.84. The highest BCUT2D eigenvalue weighted by Gasteiger charge is 2.48. The van der Waals surface area contributed by atoms with Crippen molar-refractivity contribution < 1.29 is 4.79 Å². The van der Waals surface area contributed by atoms with Gasteiger partial charge in [0.25, 0.3) is 0 Å². The quantitative estimate of drug-likeness (QED) is 0.542. The van der Waals surface area contributed by atoms with Crippen LogP contribution in [0.4, 0.5) is 0 Å². The molecule has 0 aromatic rings. The van der Waals surface area contributed by atoms with E-state index in [4.69, 9.17) is 0 Å². The number of carbonyl (C=O) groups excluding carboxylic acids is 1. The molecule has 2 fully saturated rings. The predicted octanol–water partition coefficient (Wildman–Crippen LogP) is 1.72. The molecule has 0 spiro atoms. The summed E-state index contributed by atoms with van der Waals surface area (Å²) in [6.45, 7) is 6.95. The van der Waals surface area contributed by atoms with Gasteiger partial charge in [0.05, 0.1) is 0 Å². The van der Waals surface area contributed by atoms with Gasteiger partial charge in [0.2, 0.25) is 5.91 Å². The number of carbonyl (C=O) groups is 1. The molecule has 0 N–H and O–H groups in total. The number of amides is 1. The highest BCUT2D eigenvalue weighted by molar-refractivity contribution is 5.80. The fraction of sp³-hybridized carbons (Fsp3) is 0.700. The third-order valence-electron chi connectivity index (χ3n) is 3.30. The number of rotatable bonds is 1. The molecule has 0 saturated carbocycles. The maximum Gasteiger partial charge on any atom is 0.223 e. The standard InChI is InChI=1S/C10H15NO/c1-3-10-5-4-9(12)11(10)7-8(2)6-10/h2-7H2,1H3/t10-/m1/s1. The Morgan fingerprint density at radius 3 is 3.00 bits per heavy atom. The number of hydrogen-bond donors (Lipinski definition) is 0. The molecule has 66 valence electrons. The molecule has 1 amide bonds. The van der Waals surface area contributed by atoms with Crippen molar-refractivity contribution in [3.63, 3.8) is 0 Å². The molecular formula is C10H15NO. The zero-order valence-electron chi connectivity index (χ0n) is 7.60. The Labute approximate surface area is 73.2 Å². The van der Waals surface area contributed by atoms with E-state index in [9.17, 15) is 4.79 Å². The van der Waals surface area contributed by atoms with Gasteiger partial charge >= 0.3 is 0 Å². The second kappa shape index (κ2) is 2.35. The summed E-state index contributed by atoms with van der Waals surface area (Å²) in [6.07, 6.45) is 3.91. The van der Waals surface area contributed by atoms with Crippen LogP contribution < -0.4 is 0 Å². The summed E-state index contributed by atoms with van der Waals surface area (Å²) in [6, 6.07) is 0. The smallest absolute Gasteiger partial charge is 0.223 e. The first-order valence-corrected chi connectivity index (χ1v) is 4.65. The fourth-order valence-electron chi connectivity index (χ4n) is 2.55. The lowest BCUT2D eigenvalue weighted by Gasteiger charge is -2.29. The topological polar surface area (TPSA) is 20.3 Å². The second-order valence-corrected chi connectivity index (χ2v) is 3.98. The Kier molecular flexibility index (Phi) is 1.53. The minimum absolute atomic E-state index is 0.175. The van der Waals surface area contributed by atoms with E-state index in [1.54, 1.807) is 0 Å². The van der Waals surface area contributed by atoms with Crippen molar-refractivity contribution in [1.29, 1.82) is 0 Å². The predicted molar refractivity (Wildman–Crippen MR) is 47.7 cm³/mol. The Hall–Kier alpha value is -0.790. The largest absolute Gasteiger partial charge is 0.333 e. The van der Waals surface area contributed by atoms with E-state index in [0.29, 0.717) is 5.91 Å². The van der Waals surface area contributed by atoms with Crippen LogP contribution in [0.2, 0.25) is 0 Å². The van der Waals surface area contributed by atoms with Crippen LogP contribution in [0, 0.1) is 0 Å². The van der Waals surface area contributed by atoms with Crippen LogP contribution in [-0.2, 0) is 4.79 Å². The molecule has 0 unspecified atom stereocenters. The van der Waals surface area contributed by atoms with Gasteiger partial charge in [0.1, 0.15) is 0 Å². The lowest BCUT2D eigenvalue weighted by molar-refractivity contribution is -0.129.